The molecule has 11 nitrogen and oxygen atoms in total. The Hall–Kier alpha value is -4.41. The van der Waals surface area contributed by atoms with E-state index >= 15 is 0 Å². The van der Waals surface area contributed by atoms with Gasteiger partial charge >= 0.3 is 17.9 Å². The molecule has 0 radical (unpaired) electrons. The van der Waals surface area contributed by atoms with E-state index in [1.807, 2.05) is 0 Å². The molecule has 0 aromatic heterocycles. The van der Waals surface area contributed by atoms with Crippen LogP contribution in [-0.4, -0.2) is 50.6 Å². The molecule has 2 aromatic rings. The Morgan fingerprint density at radius 2 is 1.57 bits per heavy atom. The first-order chi connectivity index (χ1) is 16.7. The topological polar surface area (TPSA) is 136 Å². The third-order valence-electron chi connectivity index (χ3n) is 5.34. The number of hydrogen-bond acceptors (Lipinski definition) is 10. The van der Waals surface area contributed by atoms with Gasteiger partial charge < -0.3 is 38.3 Å². The Labute approximate surface area is 199 Å². The van der Waals surface area contributed by atoms with E-state index in [9.17, 15) is 19.5 Å². The van der Waals surface area contributed by atoms with E-state index in [4.69, 9.17) is 33.2 Å². The second kappa shape index (κ2) is 9.45. The fourth-order valence-electron chi connectivity index (χ4n) is 3.93. The molecule has 0 saturated carbocycles. The number of carboxylic acid groups (broad SMARTS) is 1. The van der Waals surface area contributed by atoms with Crippen LogP contribution in [0.1, 0.15) is 30.9 Å². The SMILES string of the molecule is COc1cc(C2C(C(=O)O)=C(COC(C)=O)Oc3cc4c(cc32)OCO4)cc(OC)c1OC(C)=O. The van der Waals surface area contributed by atoms with Crippen LogP contribution in [0.3, 0.4) is 0 Å². The Morgan fingerprint density at radius 1 is 0.943 bits per heavy atom. The lowest BCUT2D eigenvalue weighted by Crippen LogP contribution is -2.25. The van der Waals surface area contributed by atoms with Crippen LogP contribution in [0.4, 0.5) is 0 Å². The second-order valence-corrected chi connectivity index (χ2v) is 7.55. The molecule has 0 spiro atoms. The van der Waals surface area contributed by atoms with Crippen molar-refractivity contribution in [1.82, 2.24) is 0 Å². The molecule has 11 heteroatoms. The van der Waals surface area contributed by atoms with Gasteiger partial charge in [0, 0.05) is 31.4 Å². The lowest BCUT2D eigenvalue weighted by atomic mass is 9.81. The number of hydrogen-bond donors (Lipinski definition) is 1. The minimum atomic E-state index is -1.29. The van der Waals surface area contributed by atoms with Crippen molar-refractivity contribution in [2.45, 2.75) is 19.8 Å². The zero-order valence-electron chi connectivity index (χ0n) is 19.3. The summed E-state index contributed by atoms with van der Waals surface area (Å²) >= 11 is 0. The second-order valence-electron chi connectivity index (χ2n) is 7.55. The molecule has 0 fully saturated rings. The Morgan fingerprint density at radius 3 is 2.11 bits per heavy atom. The molecular weight excluding hydrogens is 464 g/mol. The van der Waals surface area contributed by atoms with Gasteiger partial charge in [0.15, 0.2) is 28.8 Å². The summed E-state index contributed by atoms with van der Waals surface area (Å²) in [6, 6.07) is 6.29. The fraction of sp³-hybridized carbons (Fsp3) is 0.292. The summed E-state index contributed by atoms with van der Waals surface area (Å²) in [5.74, 6) is -1.99. The highest BCUT2D eigenvalue weighted by Gasteiger charge is 2.38. The van der Waals surface area contributed by atoms with E-state index in [0.717, 1.165) is 0 Å². The number of carbonyl (C=O) groups excluding carboxylic acids is 2. The molecule has 35 heavy (non-hydrogen) atoms. The first-order valence-corrected chi connectivity index (χ1v) is 10.4. The third-order valence-corrected chi connectivity index (χ3v) is 5.34. The van der Waals surface area contributed by atoms with Crippen molar-refractivity contribution in [1.29, 1.82) is 0 Å². The number of carbonyl (C=O) groups is 3. The Balaban J connectivity index is 1.96. The van der Waals surface area contributed by atoms with Crippen LogP contribution in [0, 0.1) is 0 Å². The van der Waals surface area contributed by atoms with Crippen LogP contribution in [0.15, 0.2) is 35.6 Å². The fourth-order valence-corrected chi connectivity index (χ4v) is 3.93. The molecule has 4 rings (SSSR count). The maximum Gasteiger partial charge on any atom is 0.336 e. The van der Waals surface area contributed by atoms with E-state index < -0.39 is 30.4 Å². The van der Waals surface area contributed by atoms with E-state index in [1.54, 1.807) is 12.1 Å². The zero-order valence-corrected chi connectivity index (χ0v) is 19.3. The van der Waals surface area contributed by atoms with E-state index in [0.29, 0.717) is 28.4 Å². The van der Waals surface area contributed by atoms with Crippen LogP contribution in [0.2, 0.25) is 0 Å². The summed E-state index contributed by atoms with van der Waals surface area (Å²) in [5, 5.41) is 10.2. The van der Waals surface area contributed by atoms with Gasteiger partial charge in [0.25, 0.3) is 0 Å². The van der Waals surface area contributed by atoms with Crippen molar-refractivity contribution < 1.29 is 52.6 Å². The molecule has 0 bridgehead atoms. The molecule has 0 saturated heterocycles. The van der Waals surface area contributed by atoms with E-state index in [1.165, 1.54) is 40.2 Å². The number of carboxylic acids is 1. The predicted octanol–water partition coefficient (Wildman–Crippen LogP) is 2.78. The van der Waals surface area contributed by atoms with Crippen LogP contribution in [0.25, 0.3) is 0 Å². The molecule has 0 aliphatic carbocycles. The summed E-state index contributed by atoms with van der Waals surface area (Å²) in [6.45, 7) is 2.04. The van der Waals surface area contributed by atoms with Gasteiger partial charge in [-0.1, -0.05) is 0 Å². The van der Waals surface area contributed by atoms with E-state index in [-0.39, 0.29) is 35.4 Å². The van der Waals surface area contributed by atoms with Gasteiger partial charge in [0.2, 0.25) is 12.5 Å². The zero-order chi connectivity index (χ0) is 25.3. The number of esters is 2. The van der Waals surface area contributed by atoms with Gasteiger partial charge in [-0.15, -0.1) is 0 Å². The monoisotopic (exact) mass is 486 g/mol. The van der Waals surface area contributed by atoms with Crippen molar-refractivity contribution in [2.75, 3.05) is 27.6 Å². The number of fused-ring (bicyclic) bond motifs is 2. The molecule has 2 aliphatic heterocycles. The predicted molar refractivity (Wildman–Crippen MR) is 117 cm³/mol. The molecule has 0 amide bonds. The van der Waals surface area contributed by atoms with Crippen LogP contribution < -0.4 is 28.4 Å². The minimum Gasteiger partial charge on any atom is -0.493 e. The molecule has 2 aromatic carbocycles. The summed E-state index contributed by atoms with van der Waals surface area (Å²) in [6.07, 6.45) is 0. The van der Waals surface area contributed by atoms with Gasteiger partial charge in [-0.25, -0.2) is 4.79 Å². The number of ether oxygens (including phenoxy) is 7. The first kappa shape index (κ1) is 23.7. The molecule has 184 valence electrons. The van der Waals surface area contributed by atoms with Crippen LogP contribution in [-0.2, 0) is 19.1 Å². The van der Waals surface area contributed by atoms with Crippen molar-refractivity contribution in [3.8, 4) is 34.5 Å². The molecular formula is C24H22O11. The third kappa shape index (κ3) is 4.52. The number of rotatable bonds is 7. The molecule has 2 heterocycles. The van der Waals surface area contributed by atoms with Gasteiger partial charge in [-0.2, -0.15) is 0 Å². The van der Waals surface area contributed by atoms with Crippen molar-refractivity contribution in [3.63, 3.8) is 0 Å². The standard InChI is InChI=1S/C24H22O11/c1-11(25)31-9-20-22(24(27)28)21(14-7-16-17(33-10-32-16)8-15(14)35-20)13-5-18(29-3)23(34-12(2)26)19(6-13)30-4/h5-8,21H,9-10H2,1-4H3,(H,27,28). The summed E-state index contributed by atoms with van der Waals surface area (Å²) in [7, 11) is 2.75. The Kier molecular flexibility index (Phi) is 6.41. The number of aliphatic carboxylic acids is 1. The Bertz CT molecular complexity index is 1220. The van der Waals surface area contributed by atoms with Crippen molar-refractivity contribution in [2.24, 2.45) is 0 Å². The van der Waals surface area contributed by atoms with Crippen LogP contribution >= 0.6 is 0 Å². The molecule has 1 atom stereocenters. The molecule has 1 N–H and O–H groups in total. The average molecular weight is 486 g/mol. The lowest BCUT2D eigenvalue weighted by Gasteiger charge is -2.30. The van der Waals surface area contributed by atoms with Gasteiger partial charge in [0.1, 0.15) is 12.4 Å². The normalized spacial score (nSPS) is 15.6. The smallest absolute Gasteiger partial charge is 0.336 e. The highest BCUT2D eigenvalue weighted by Crippen LogP contribution is 2.51. The average Bonchev–Trinajstić information content (AvgIpc) is 3.27. The van der Waals surface area contributed by atoms with Crippen molar-refractivity contribution in [3.05, 3.63) is 46.7 Å². The highest BCUT2D eigenvalue weighted by molar-refractivity contribution is 5.92. The molecule has 1 unspecified atom stereocenters. The van der Waals surface area contributed by atoms with Gasteiger partial charge in [-0.05, 0) is 23.8 Å². The maximum atomic E-state index is 12.5. The van der Waals surface area contributed by atoms with E-state index in [2.05, 4.69) is 0 Å². The number of benzene rings is 2. The largest absolute Gasteiger partial charge is 0.493 e. The maximum absolute atomic E-state index is 12.5. The van der Waals surface area contributed by atoms with Gasteiger partial charge in [-0.3, -0.25) is 9.59 Å². The summed E-state index contributed by atoms with van der Waals surface area (Å²) < 4.78 is 37.9. The summed E-state index contributed by atoms with van der Waals surface area (Å²) in [4.78, 5) is 35.6. The summed E-state index contributed by atoms with van der Waals surface area (Å²) in [5.41, 5.74) is 0.722. The van der Waals surface area contributed by atoms with Crippen LogP contribution in [0.5, 0.6) is 34.5 Å². The first-order valence-electron chi connectivity index (χ1n) is 10.4. The lowest BCUT2D eigenvalue weighted by molar-refractivity contribution is -0.141. The molecule has 2 aliphatic rings. The van der Waals surface area contributed by atoms with Crippen molar-refractivity contribution >= 4 is 17.9 Å². The van der Waals surface area contributed by atoms with Gasteiger partial charge in [0.05, 0.1) is 19.8 Å². The minimum absolute atomic E-state index is 0.00113. The quantitative estimate of drug-likeness (QED) is 0.457. The number of methoxy groups -OCH3 is 2. The highest BCUT2D eigenvalue weighted by atomic mass is 16.7.